The lowest BCUT2D eigenvalue weighted by molar-refractivity contribution is -0.119. The first kappa shape index (κ1) is 17.5. The highest BCUT2D eigenvalue weighted by atomic mass is 32.1. The zero-order chi connectivity index (χ0) is 17.8. The third-order valence-corrected chi connectivity index (χ3v) is 5.71. The Kier molecular flexibility index (Phi) is 5.36. The van der Waals surface area contributed by atoms with Crippen molar-refractivity contribution in [3.05, 3.63) is 70.4 Å². The number of thiophene rings is 1. The Morgan fingerprint density at radius 3 is 2.56 bits per heavy atom. The Bertz CT molecular complexity index is 834. The lowest BCUT2D eigenvalue weighted by atomic mass is 10.0. The summed E-state index contributed by atoms with van der Waals surface area (Å²) in [5, 5.41) is 0. The smallest absolute Gasteiger partial charge is 0.239 e. The molecule has 2 aromatic heterocycles. The van der Waals surface area contributed by atoms with E-state index in [1.165, 1.54) is 11.3 Å². The number of amides is 1. The van der Waals surface area contributed by atoms with E-state index in [0.29, 0.717) is 0 Å². The Hall–Kier alpha value is -2.37. The zero-order valence-corrected chi connectivity index (χ0v) is 15.1. The van der Waals surface area contributed by atoms with Crippen LogP contribution in [-0.4, -0.2) is 10.9 Å². The van der Waals surface area contributed by atoms with Gasteiger partial charge < -0.3 is 16.5 Å². The molecule has 0 spiro atoms. The van der Waals surface area contributed by atoms with Crippen molar-refractivity contribution < 1.29 is 4.79 Å². The van der Waals surface area contributed by atoms with Crippen LogP contribution in [0.4, 0.5) is 0 Å². The Labute approximate surface area is 151 Å². The number of aryl methyl sites for hydroxylation is 3. The van der Waals surface area contributed by atoms with Gasteiger partial charge in [0.15, 0.2) is 0 Å². The molecule has 0 saturated carbocycles. The van der Waals surface area contributed by atoms with E-state index >= 15 is 0 Å². The van der Waals surface area contributed by atoms with Crippen LogP contribution in [0.3, 0.4) is 0 Å². The first-order chi connectivity index (χ1) is 12.1. The molecule has 0 bridgehead atoms. The van der Waals surface area contributed by atoms with Crippen LogP contribution >= 0.6 is 11.3 Å². The molecule has 1 aromatic carbocycles. The third kappa shape index (κ3) is 4.00. The first-order valence-electron chi connectivity index (χ1n) is 8.47. The fourth-order valence-electron chi connectivity index (χ4n) is 2.87. The van der Waals surface area contributed by atoms with Crippen molar-refractivity contribution in [1.82, 2.24) is 4.98 Å². The van der Waals surface area contributed by atoms with Gasteiger partial charge in [0, 0.05) is 21.6 Å². The van der Waals surface area contributed by atoms with Crippen LogP contribution in [0, 0.1) is 0 Å². The number of carbonyl (C=O) groups excluding carboxylic acids is 1. The molecule has 5 N–H and O–H groups in total. The van der Waals surface area contributed by atoms with Gasteiger partial charge in [-0.3, -0.25) is 4.79 Å². The third-order valence-electron chi connectivity index (χ3n) is 4.40. The van der Waals surface area contributed by atoms with Crippen molar-refractivity contribution in [2.24, 2.45) is 11.5 Å². The minimum absolute atomic E-state index is 0.490. The summed E-state index contributed by atoms with van der Waals surface area (Å²) in [5.41, 5.74) is 16.2. The van der Waals surface area contributed by atoms with Crippen LogP contribution < -0.4 is 11.5 Å². The second kappa shape index (κ2) is 7.68. The molecule has 0 aliphatic carbocycles. The van der Waals surface area contributed by atoms with Gasteiger partial charge in [0.25, 0.3) is 0 Å². The lowest BCUT2D eigenvalue weighted by Gasteiger charge is -2.08. The molecule has 0 saturated heterocycles. The van der Waals surface area contributed by atoms with E-state index in [4.69, 9.17) is 11.5 Å². The number of nitrogens with two attached hydrogens (primary N) is 2. The highest BCUT2D eigenvalue weighted by molar-refractivity contribution is 7.15. The van der Waals surface area contributed by atoms with Crippen LogP contribution in [0.15, 0.2) is 48.7 Å². The number of aromatic nitrogens is 1. The number of hydrogen-bond donors (Lipinski definition) is 3. The summed E-state index contributed by atoms with van der Waals surface area (Å²) in [7, 11) is 0. The number of carbonyl (C=O) groups is 1. The van der Waals surface area contributed by atoms with Crippen LogP contribution in [0.25, 0.3) is 10.4 Å². The second-order valence-electron chi connectivity index (χ2n) is 6.13. The van der Waals surface area contributed by atoms with E-state index in [9.17, 15) is 4.79 Å². The normalized spacial score (nSPS) is 12.2. The quantitative estimate of drug-likeness (QED) is 0.606. The van der Waals surface area contributed by atoms with Gasteiger partial charge in [0.05, 0.1) is 0 Å². The SMILES string of the molecule is CCc1ccc(-c2cc(CCc3ccc[nH]3)c(C(N)C(N)=O)s2)cc1. The summed E-state index contributed by atoms with van der Waals surface area (Å²) in [6.45, 7) is 2.14. The van der Waals surface area contributed by atoms with Crippen LogP contribution in [-0.2, 0) is 24.1 Å². The summed E-state index contributed by atoms with van der Waals surface area (Å²) in [5.74, 6) is -0.490. The summed E-state index contributed by atoms with van der Waals surface area (Å²) >= 11 is 1.56. The maximum atomic E-state index is 11.6. The standard InChI is InChI=1S/C20H23N3OS/c1-2-13-5-7-14(8-6-13)17-12-15(9-10-16-4-3-11-23-16)19(25-17)18(21)20(22)24/h3-8,11-12,18,23H,2,9-10,21H2,1H3,(H2,22,24). The van der Waals surface area contributed by atoms with Gasteiger partial charge in [-0.1, -0.05) is 31.2 Å². The molecule has 1 amide bonds. The van der Waals surface area contributed by atoms with Crippen molar-refractivity contribution in [2.75, 3.05) is 0 Å². The number of hydrogen-bond acceptors (Lipinski definition) is 3. The summed E-state index contributed by atoms with van der Waals surface area (Å²) < 4.78 is 0. The molecule has 2 heterocycles. The number of nitrogens with one attached hydrogen (secondary N) is 1. The van der Waals surface area contributed by atoms with E-state index < -0.39 is 11.9 Å². The van der Waals surface area contributed by atoms with Crippen LogP contribution in [0.2, 0.25) is 0 Å². The Morgan fingerprint density at radius 1 is 1.20 bits per heavy atom. The number of benzene rings is 1. The molecule has 4 nitrogen and oxygen atoms in total. The zero-order valence-electron chi connectivity index (χ0n) is 14.3. The van der Waals surface area contributed by atoms with Gasteiger partial charge in [-0.15, -0.1) is 11.3 Å². The van der Waals surface area contributed by atoms with Crippen LogP contribution in [0.5, 0.6) is 0 Å². The summed E-state index contributed by atoms with van der Waals surface area (Å²) in [4.78, 5) is 16.8. The number of rotatable bonds is 7. The molecular formula is C20H23N3OS. The maximum absolute atomic E-state index is 11.6. The average Bonchev–Trinajstić information content (AvgIpc) is 3.29. The topological polar surface area (TPSA) is 84.9 Å². The van der Waals surface area contributed by atoms with Gasteiger partial charge >= 0.3 is 0 Å². The van der Waals surface area contributed by atoms with E-state index in [-0.39, 0.29) is 0 Å². The number of primary amides is 1. The van der Waals surface area contributed by atoms with E-state index in [0.717, 1.165) is 40.1 Å². The highest BCUT2D eigenvalue weighted by Crippen LogP contribution is 2.35. The predicted molar refractivity (Wildman–Crippen MR) is 103 cm³/mol. The molecule has 0 fully saturated rings. The molecule has 25 heavy (non-hydrogen) atoms. The van der Waals surface area contributed by atoms with Crippen molar-refractivity contribution >= 4 is 17.2 Å². The number of aromatic amines is 1. The molecule has 3 rings (SSSR count). The molecule has 3 aromatic rings. The van der Waals surface area contributed by atoms with E-state index in [1.54, 1.807) is 11.3 Å². The first-order valence-corrected chi connectivity index (χ1v) is 9.29. The van der Waals surface area contributed by atoms with Gasteiger partial charge in [-0.2, -0.15) is 0 Å². The molecule has 1 unspecified atom stereocenters. The number of H-pyrrole nitrogens is 1. The Morgan fingerprint density at radius 2 is 1.96 bits per heavy atom. The second-order valence-corrected chi connectivity index (χ2v) is 7.21. The molecule has 0 radical (unpaired) electrons. The van der Waals surface area contributed by atoms with E-state index in [1.807, 2.05) is 12.3 Å². The molecule has 5 heteroatoms. The summed E-state index contributed by atoms with van der Waals surface area (Å²) in [6, 6.07) is 14.0. The monoisotopic (exact) mass is 353 g/mol. The fraction of sp³-hybridized carbons (Fsp3) is 0.250. The van der Waals surface area contributed by atoms with Crippen molar-refractivity contribution in [2.45, 2.75) is 32.2 Å². The van der Waals surface area contributed by atoms with Gasteiger partial charge in [-0.25, -0.2) is 0 Å². The van der Waals surface area contributed by atoms with Gasteiger partial charge in [-0.05, 0) is 54.2 Å². The van der Waals surface area contributed by atoms with E-state index in [2.05, 4.69) is 48.3 Å². The molecular weight excluding hydrogens is 330 g/mol. The van der Waals surface area contributed by atoms with Crippen molar-refractivity contribution in [1.29, 1.82) is 0 Å². The fourth-order valence-corrected chi connectivity index (χ4v) is 4.10. The highest BCUT2D eigenvalue weighted by Gasteiger charge is 2.20. The van der Waals surface area contributed by atoms with Gasteiger partial charge in [0.2, 0.25) is 5.91 Å². The minimum Gasteiger partial charge on any atom is -0.368 e. The van der Waals surface area contributed by atoms with Crippen LogP contribution in [0.1, 0.15) is 34.7 Å². The summed E-state index contributed by atoms with van der Waals surface area (Å²) in [6.07, 6.45) is 4.63. The lowest BCUT2D eigenvalue weighted by Crippen LogP contribution is -2.28. The van der Waals surface area contributed by atoms with Crippen molar-refractivity contribution in [3.63, 3.8) is 0 Å². The predicted octanol–water partition coefficient (Wildman–Crippen LogP) is 3.58. The maximum Gasteiger partial charge on any atom is 0.239 e. The molecule has 130 valence electrons. The Balaban J connectivity index is 1.90. The average molecular weight is 353 g/mol. The molecule has 1 atom stereocenters. The molecule has 0 aliphatic rings. The van der Waals surface area contributed by atoms with Crippen molar-refractivity contribution in [3.8, 4) is 10.4 Å². The van der Waals surface area contributed by atoms with Gasteiger partial charge in [0.1, 0.15) is 6.04 Å². The molecule has 0 aliphatic heterocycles. The minimum atomic E-state index is -0.757. The largest absolute Gasteiger partial charge is 0.368 e.